The number of benzene rings is 1. The Morgan fingerprint density at radius 2 is 2.36 bits per heavy atom. The van der Waals surface area contributed by atoms with E-state index in [9.17, 15) is 4.79 Å². The highest BCUT2D eigenvalue weighted by Gasteiger charge is 2.29. The van der Waals surface area contributed by atoms with Crippen molar-refractivity contribution in [2.24, 2.45) is 0 Å². The third kappa shape index (κ3) is 2.69. The van der Waals surface area contributed by atoms with Crippen LogP contribution in [0.15, 0.2) is 30.5 Å². The van der Waals surface area contributed by atoms with Crippen molar-refractivity contribution in [3.63, 3.8) is 0 Å². The highest BCUT2D eigenvalue weighted by Crippen LogP contribution is 2.37. The first-order valence-electron chi connectivity index (χ1n) is 7.42. The van der Waals surface area contributed by atoms with Gasteiger partial charge in [-0.1, -0.05) is 12.1 Å². The number of anilines is 1. The van der Waals surface area contributed by atoms with Crippen molar-refractivity contribution in [3.05, 3.63) is 41.6 Å². The Bertz CT molecular complexity index is 681. The van der Waals surface area contributed by atoms with Gasteiger partial charge in [-0.15, -0.1) is 0 Å². The maximum Gasteiger partial charge on any atom is 0.226 e. The highest BCUT2D eigenvalue weighted by molar-refractivity contribution is 5.94. The van der Waals surface area contributed by atoms with Gasteiger partial charge in [-0.25, -0.2) is 4.68 Å². The number of aliphatic hydroxyl groups excluding tert-OH is 1. The summed E-state index contributed by atoms with van der Waals surface area (Å²) in [5.41, 5.74) is 2.04. The maximum absolute atomic E-state index is 12.0. The minimum absolute atomic E-state index is 0.00520. The highest BCUT2D eigenvalue weighted by atomic mass is 16.5. The molecule has 0 radical (unpaired) electrons. The van der Waals surface area contributed by atoms with Gasteiger partial charge < -0.3 is 15.2 Å². The second-order valence-corrected chi connectivity index (χ2v) is 5.21. The minimum atomic E-state index is -0.0262. The molecule has 0 aliphatic carbocycles. The van der Waals surface area contributed by atoms with Crippen molar-refractivity contribution in [2.45, 2.75) is 25.8 Å². The van der Waals surface area contributed by atoms with E-state index in [1.165, 1.54) is 0 Å². The monoisotopic (exact) mass is 301 g/mol. The van der Waals surface area contributed by atoms with Crippen LogP contribution in [0.1, 0.15) is 30.4 Å². The van der Waals surface area contributed by atoms with Crippen LogP contribution in [0.5, 0.6) is 5.75 Å². The number of fused-ring (bicyclic) bond motifs is 1. The van der Waals surface area contributed by atoms with Crippen LogP contribution in [0.4, 0.5) is 5.82 Å². The van der Waals surface area contributed by atoms with Gasteiger partial charge >= 0.3 is 0 Å². The number of aromatic nitrogens is 2. The average Bonchev–Trinajstić information content (AvgIpc) is 2.95. The molecule has 1 unspecified atom stereocenters. The molecule has 1 aromatic carbocycles. The van der Waals surface area contributed by atoms with Gasteiger partial charge in [0, 0.05) is 24.4 Å². The molecule has 1 aliphatic heterocycles. The van der Waals surface area contributed by atoms with Gasteiger partial charge in [0.1, 0.15) is 18.2 Å². The number of aliphatic hydroxyl groups is 1. The molecule has 0 bridgehead atoms. The number of ether oxygens (including phenoxy) is 1. The Kier molecular flexibility index (Phi) is 4.11. The minimum Gasteiger partial charge on any atom is -0.491 e. The van der Waals surface area contributed by atoms with Crippen molar-refractivity contribution in [1.29, 1.82) is 0 Å². The lowest BCUT2D eigenvalue weighted by molar-refractivity contribution is -0.116. The van der Waals surface area contributed by atoms with Gasteiger partial charge in [0.25, 0.3) is 0 Å². The Hall–Kier alpha value is -2.34. The molecule has 2 N–H and O–H groups in total. The summed E-state index contributed by atoms with van der Waals surface area (Å²) in [7, 11) is 0. The molecule has 1 aromatic heterocycles. The topological polar surface area (TPSA) is 76.4 Å². The first-order chi connectivity index (χ1) is 10.7. The van der Waals surface area contributed by atoms with Gasteiger partial charge in [0.05, 0.1) is 12.8 Å². The molecule has 22 heavy (non-hydrogen) atoms. The number of carbonyl (C=O) groups excluding carboxylic acids is 1. The van der Waals surface area contributed by atoms with Crippen LogP contribution in [-0.4, -0.2) is 34.0 Å². The predicted octanol–water partition coefficient (Wildman–Crippen LogP) is 1.75. The van der Waals surface area contributed by atoms with E-state index in [1.54, 1.807) is 4.68 Å². The molecule has 0 saturated carbocycles. The van der Waals surface area contributed by atoms with E-state index in [4.69, 9.17) is 9.84 Å². The van der Waals surface area contributed by atoms with Gasteiger partial charge in [0.15, 0.2) is 0 Å². The fourth-order valence-corrected chi connectivity index (χ4v) is 2.79. The Morgan fingerprint density at radius 1 is 1.50 bits per heavy atom. The number of nitrogens with zero attached hydrogens (tertiary/aromatic N) is 2. The zero-order valence-electron chi connectivity index (χ0n) is 12.5. The maximum atomic E-state index is 12.0. The molecule has 1 amide bonds. The number of hydrogen-bond donors (Lipinski definition) is 2. The van der Waals surface area contributed by atoms with Gasteiger partial charge in [-0.05, 0) is 24.6 Å². The van der Waals surface area contributed by atoms with Crippen LogP contribution < -0.4 is 10.1 Å². The number of amides is 1. The normalized spacial score (nSPS) is 17.0. The second kappa shape index (κ2) is 6.19. The summed E-state index contributed by atoms with van der Waals surface area (Å²) >= 11 is 0. The fourth-order valence-electron chi connectivity index (χ4n) is 2.79. The number of nitrogens with one attached hydrogen (secondary N) is 1. The summed E-state index contributed by atoms with van der Waals surface area (Å²) in [6.45, 7) is 2.94. The van der Waals surface area contributed by atoms with Crippen LogP contribution in [0, 0.1) is 0 Å². The number of rotatable bonds is 5. The Balaban J connectivity index is 1.95. The summed E-state index contributed by atoms with van der Waals surface area (Å²) in [5.74, 6) is 1.45. The van der Waals surface area contributed by atoms with Crippen LogP contribution in [0.25, 0.3) is 0 Å². The van der Waals surface area contributed by atoms with E-state index in [0.717, 1.165) is 16.9 Å². The molecule has 3 rings (SSSR count). The largest absolute Gasteiger partial charge is 0.491 e. The third-order valence-electron chi connectivity index (χ3n) is 3.81. The van der Waals surface area contributed by atoms with Crippen molar-refractivity contribution in [3.8, 4) is 5.75 Å². The molecular weight excluding hydrogens is 282 g/mol. The molecule has 1 atom stereocenters. The van der Waals surface area contributed by atoms with Crippen molar-refractivity contribution >= 4 is 11.7 Å². The molecule has 1 aliphatic rings. The van der Waals surface area contributed by atoms with Crippen LogP contribution in [-0.2, 0) is 11.3 Å². The molecule has 6 nitrogen and oxygen atoms in total. The molecule has 6 heteroatoms. The fraction of sp³-hybridized carbons (Fsp3) is 0.375. The van der Waals surface area contributed by atoms with E-state index in [0.29, 0.717) is 18.7 Å². The van der Waals surface area contributed by atoms with E-state index in [1.807, 2.05) is 37.4 Å². The second-order valence-electron chi connectivity index (χ2n) is 5.21. The van der Waals surface area contributed by atoms with E-state index in [-0.39, 0.29) is 25.0 Å². The average molecular weight is 301 g/mol. The molecular formula is C16H19N3O3. The predicted molar refractivity (Wildman–Crippen MR) is 82.0 cm³/mol. The number of carbonyl (C=O) groups is 1. The lowest BCUT2D eigenvalue weighted by atomic mass is 9.87. The van der Waals surface area contributed by atoms with Crippen LogP contribution in [0.3, 0.4) is 0 Å². The Labute approximate surface area is 128 Å². The van der Waals surface area contributed by atoms with E-state index in [2.05, 4.69) is 10.4 Å². The molecule has 0 spiro atoms. The smallest absolute Gasteiger partial charge is 0.226 e. The lowest BCUT2D eigenvalue weighted by Crippen LogP contribution is -2.24. The zero-order valence-corrected chi connectivity index (χ0v) is 12.5. The van der Waals surface area contributed by atoms with Crippen molar-refractivity contribution < 1.29 is 14.6 Å². The van der Waals surface area contributed by atoms with E-state index >= 15 is 0 Å². The summed E-state index contributed by atoms with van der Waals surface area (Å²) in [6, 6.07) is 7.66. The molecule has 2 heterocycles. The SMILES string of the molecule is CCn1ncc2c1NC(=O)CC2c1cccc(OCCO)c1. The zero-order chi connectivity index (χ0) is 15.5. The summed E-state index contributed by atoms with van der Waals surface area (Å²) in [5, 5.41) is 16.1. The van der Waals surface area contributed by atoms with Crippen molar-refractivity contribution in [2.75, 3.05) is 18.5 Å². The van der Waals surface area contributed by atoms with Gasteiger partial charge in [-0.3, -0.25) is 4.79 Å². The molecule has 0 saturated heterocycles. The standard InChI is InChI=1S/C16H19N3O3/c1-2-19-16-14(10-17-19)13(9-15(21)18-16)11-4-3-5-12(8-11)22-7-6-20/h3-5,8,10,13,20H,2,6-7,9H2,1H3,(H,18,21). The molecule has 0 fully saturated rings. The van der Waals surface area contributed by atoms with Crippen LogP contribution >= 0.6 is 0 Å². The third-order valence-corrected chi connectivity index (χ3v) is 3.81. The Morgan fingerprint density at radius 3 is 3.14 bits per heavy atom. The number of hydrogen-bond acceptors (Lipinski definition) is 4. The summed E-state index contributed by atoms with van der Waals surface area (Å²) in [6.07, 6.45) is 2.22. The van der Waals surface area contributed by atoms with Crippen molar-refractivity contribution in [1.82, 2.24) is 9.78 Å². The molecule has 116 valence electrons. The van der Waals surface area contributed by atoms with E-state index < -0.39 is 0 Å². The summed E-state index contributed by atoms with van der Waals surface area (Å²) < 4.78 is 7.25. The first kappa shape index (κ1) is 14.6. The summed E-state index contributed by atoms with van der Waals surface area (Å²) in [4.78, 5) is 12.0. The van der Waals surface area contributed by atoms with Gasteiger partial charge in [-0.2, -0.15) is 5.10 Å². The van der Waals surface area contributed by atoms with Gasteiger partial charge in [0.2, 0.25) is 5.91 Å². The number of aryl methyl sites for hydroxylation is 1. The van der Waals surface area contributed by atoms with Crippen LogP contribution in [0.2, 0.25) is 0 Å². The quantitative estimate of drug-likeness (QED) is 0.882. The lowest BCUT2D eigenvalue weighted by Gasteiger charge is -2.24. The first-order valence-corrected chi connectivity index (χ1v) is 7.42. The molecule has 2 aromatic rings.